The molecule has 2 aromatic carbocycles. The topological polar surface area (TPSA) is 95.6 Å². The zero-order valence-electron chi connectivity index (χ0n) is 16.2. The van der Waals surface area contributed by atoms with Gasteiger partial charge >= 0.3 is 6.03 Å². The van der Waals surface area contributed by atoms with Crippen LogP contribution < -0.4 is 10.6 Å². The molecule has 0 aromatic heterocycles. The standard InChI is InChI=1S/C22H23N3O4/c1-2-3-13-18(25-20(27)16-11-7-8-12-17(16)21(25)28)19(26)24-22(29)23-14-15-9-5-4-6-10-15/h4-12,18H,2-3,13-14H2,1H3,(H2,23,24,26,29)/t18-/m1/s1. The minimum atomic E-state index is -1.04. The largest absolute Gasteiger partial charge is 0.334 e. The first kappa shape index (κ1) is 20.3. The van der Waals surface area contributed by atoms with Crippen LogP contribution in [0.15, 0.2) is 54.6 Å². The summed E-state index contributed by atoms with van der Waals surface area (Å²) in [7, 11) is 0. The van der Waals surface area contributed by atoms with E-state index in [-0.39, 0.29) is 17.7 Å². The van der Waals surface area contributed by atoms with Crippen molar-refractivity contribution >= 4 is 23.8 Å². The van der Waals surface area contributed by atoms with Gasteiger partial charge in [0.25, 0.3) is 17.7 Å². The molecule has 2 aromatic rings. The van der Waals surface area contributed by atoms with E-state index in [0.717, 1.165) is 16.9 Å². The number of nitrogens with zero attached hydrogens (tertiary/aromatic N) is 1. The first-order valence-corrected chi connectivity index (χ1v) is 9.62. The highest BCUT2D eigenvalue weighted by molar-refractivity contribution is 6.23. The Balaban J connectivity index is 1.70. The highest BCUT2D eigenvalue weighted by atomic mass is 16.2. The van der Waals surface area contributed by atoms with Gasteiger partial charge in [-0.25, -0.2) is 4.79 Å². The molecule has 1 aliphatic rings. The maximum Gasteiger partial charge on any atom is 0.321 e. The van der Waals surface area contributed by atoms with Crippen LogP contribution in [0.5, 0.6) is 0 Å². The van der Waals surface area contributed by atoms with E-state index in [0.29, 0.717) is 12.8 Å². The number of carbonyl (C=O) groups is 4. The van der Waals surface area contributed by atoms with Gasteiger partial charge in [0.15, 0.2) is 0 Å². The van der Waals surface area contributed by atoms with Crippen molar-refractivity contribution in [3.63, 3.8) is 0 Å². The molecule has 0 radical (unpaired) electrons. The van der Waals surface area contributed by atoms with Crippen LogP contribution in [-0.4, -0.2) is 34.7 Å². The highest BCUT2D eigenvalue weighted by Crippen LogP contribution is 2.26. The number of nitrogens with one attached hydrogen (secondary N) is 2. The molecule has 0 saturated carbocycles. The van der Waals surface area contributed by atoms with Crippen molar-refractivity contribution in [1.29, 1.82) is 0 Å². The second-order valence-corrected chi connectivity index (χ2v) is 6.84. The number of carbonyl (C=O) groups excluding carboxylic acids is 4. The number of unbranched alkanes of at least 4 members (excludes halogenated alkanes) is 1. The van der Waals surface area contributed by atoms with Crippen LogP contribution in [0, 0.1) is 0 Å². The number of amides is 5. The van der Waals surface area contributed by atoms with Crippen LogP contribution in [0.3, 0.4) is 0 Å². The van der Waals surface area contributed by atoms with Gasteiger partial charge in [0.1, 0.15) is 6.04 Å². The minimum Gasteiger partial charge on any atom is -0.334 e. The molecule has 150 valence electrons. The average molecular weight is 393 g/mol. The van der Waals surface area contributed by atoms with Gasteiger partial charge in [-0.05, 0) is 24.1 Å². The molecule has 0 aliphatic carbocycles. The first-order chi connectivity index (χ1) is 14.0. The van der Waals surface area contributed by atoms with Crippen LogP contribution in [0.1, 0.15) is 52.5 Å². The summed E-state index contributed by atoms with van der Waals surface area (Å²) in [4.78, 5) is 51.4. The third kappa shape index (κ3) is 4.51. The van der Waals surface area contributed by atoms with E-state index in [2.05, 4.69) is 10.6 Å². The summed E-state index contributed by atoms with van der Waals surface area (Å²) in [5, 5.41) is 4.88. The van der Waals surface area contributed by atoms with Crippen molar-refractivity contribution in [3.8, 4) is 0 Å². The summed E-state index contributed by atoms with van der Waals surface area (Å²) in [6, 6.07) is 14.0. The molecular formula is C22H23N3O4. The number of imide groups is 2. The Kier molecular flexibility index (Phi) is 6.39. The van der Waals surface area contributed by atoms with Crippen LogP contribution in [0.4, 0.5) is 4.79 Å². The summed E-state index contributed by atoms with van der Waals surface area (Å²) in [6.07, 6.45) is 1.71. The van der Waals surface area contributed by atoms with Gasteiger partial charge in [-0.1, -0.05) is 62.2 Å². The van der Waals surface area contributed by atoms with E-state index in [1.165, 1.54) is 0 Å². The van der Waals surface area contributed by atoms with E-state index in [1.54, 1.807) is 24.3 Å². The number of hydrogen-bond acceptors (Lipinski definition) is 4. The molecular weight excluding hydrogens is 370 g/mol. The molecule has 1 aliphatic heterocycles. The number of urea groups is 1. The lowest BCUT2D eigenvalue weighted by Crippen LogP contribution is -2.52. The molecule has 0 saturated heterocycles. The summed E-state index contributed by atoms with van der Waals surface area (Å²) in [5.74, 6) is -1.68. The van der Waals surface area contributed by atoms with Crippen molar-refractivity contribution in [1.82, 2.24) is 15.5 Å². The van der Waals surface area contributed by atoms with Crippen molar-refractivity contribution in [2.45, 2.75) is 38.8 Å². The number of rotatable bonds is 7. The van der Waals surface area contributed by atoms with E-state index in [9.17, 15) is 19.2 Å². The maximum absolute atomic E-state index is 12.8. The lowest BCUT2D eigenvalue weighted by molar-refractivity contribution is -0.124. The molecule has 1 atom stereocenters. The fourth-order valence-corrected chi connectivity index (χ4v) is 3.28. The average Bonchev–Trinajstić information content (AvgIpc) is 2.99. The fraction of sp³-hybridized carbons (Fsp3) is 0.273. The Labute approximate surface area is 169 Å². The second-order valence-electron chi connectivity index (χ2n) is 6.84. The third-order valence-electron chi connectivity index (χ3n) is 4.80. The number of benzene rings is 2. The van der Waals surface area contributed by atoms with Crippen LogP contribution in [0.25, 0.3) is 0 Å². The van der Waals surface area contributed by atoms with E-state index >= 15 is 0 Å². The molecule has 2 N–H and O–H groups in total. The maximum atomic E-state index is 12.8. The smallest absolute Gasteiger partial charge is 0.321 e. The Morgan fingerprint density at radius 2 is 1.52 bits per heavy atom. The van der Waals surface area contributed by atoms with Crippen molar-refractivity contribution in [3.05, 3.63) is 71.3 Å². The van der Waals surface area contributed by atoms with E-state index < -0.39 is 29.8 Å². The Hall–Kier alpha value is -3.48. The van der Waals surface area contributed by atoms with Gasteiger partial charge in [-0.2, -0.15) is 0 Å². The zero-order valence-corrected chi connectivity index (χ0v) is 16.2. The second kappa shape index (κ2) is 9.14. The molecule has 0 unspecified atom stereocenters. The minimum absolute atomic E-state index is 0.257. The first-order valence-electron chi connectivity index (χ1n) is 9.62. The third-order valence-corrected chi connectivity index (χ3v) is 4.80. The molecule has 0 fully saturated rings. The van der Waals surface area contributed by atoms with Crippen LogP contribution in [-0.2, 0) is 11.3 Å². The van der Waals surface area contributed by atoms with Gasteiger partial charge in [0, 0.05) is 6.54 Å². The van der Waals surface area contributed by atoms with Gasteiger partial charge < -0.3 is 5.32 Å². The van der Waals surface area contributed by atoms with E-state index in [4.69, 9.17) is 0 Å². The van der Waals surface area contributed by atoms with Gasteiger partial charge in [-0.3, -0.25) is 24.6 Å². The Bertz CT molecular complexity index is 892. The summed E-state index contributed by atoms with van der Waals surface area (Å²) < 4.78 is 0. The number of fused-ring (bicyclic) bond motifs is 1. The highest BCUT2D eigenvalue weighted by Gasteiger charge is 2.42. The quantitative estimate of drug-likeness (QED) is 0.707. The lowest BCUT2D eigenvalue weighted by atomic mass is 10.1. The van der Waals surface area contributed by atoms with Gasteiger partial charge in [0.2, 0.25) is 0 Å². The molecule has 1 heterocycles. The van der Waals surface area contributed by atoms with E-state index in [1.807, 2.05) is 37.3 Å². The molecule has 0 bridgehead atoms. The molecule has 3 rings (SSSR count). The fourth-order valence-electron chi connectivity index (χ4n) is 3.28. The van der Waals surface area contributed by atoms with Gasteiger partial charge in [-0.15, -0.1) is 0 Å². The van der Waals surface area contributed by atoms with Crippen LogP contribution in [0.2, 0.25) is 0 Å². The molecule has 5 amide bonds. The summed E-state index contributed by atoms with van der Waals surface area (Å²) in [6.45, 7) is 2.20. The molecule has 7 heteroatoms. The SMILES string of the molecule is CCCC[C@H](C(=O)NC(=O)NCc1ccccc1)N1C(=O)c2ccccc2C1=O. The van der Waals surface area contributed by atoms with Crippen molar-refractivity contribution in [2.75, 3.05) is 0 Å². The Morgan fingerprint density at radius 3 is 2.10 bits per heavy atom. The molecule has 7 nitrogen and oxygen atoms in total. The summed E-state index contributed by atoms with van der Waals surface area (Å²) >= 11 is 0. The predicted octanol–water partition coefficient (Wildman–Crippen LogP) is 2.87. The zero-order chi connectivity index (χ0) is 20.8. The van der Waals surface area contributed by atoms with Crippen LogP contribution >= 0.6 is 0 Å². The van der Waals surface area contributed by atoms with Gasteiger partial charge in [0.05, 0.1) is 11.1 Å². The molecule has 29 heavy (non-hydrogen) atoms. The van der Waals surface area contributed by atoms with Crippen molar-refractivity contribution in [2.24, 2.45) is 0 Å². The van der Waals surface area contributed by atoms with Crippen molar-refractivity contribution < 1.29 is 19.2 Å². The normalized spacial score (nSPS) is 13.8. The lowest BCUT2D eigenvalue weighted by Gasteiger charge is -2.25. The summed E-state index contributed by atoms with van der Waals surface area (Å²) in [5.41, 5.74) is 1.44. The Morgan fingerprint density at radius 1 is 0.931 bits per heavy atom. The monoisotopic (exact) mass is 393 g/mol. The number of hydrogen-bond donors (Lipinski definition) is 2. The predicted molar refractivity (Wildman–Crippen MR) is 107 cm³/mol. The molecule has 0 spiro atoms.